The topological polar surface area (TPSA) is 75.1 Å². The first-order valence-corrected chi connectivity index (χ1v) is 6.66. The van der Waals surface area contributed by atoms with Crippen LogP contribution in [0.4, 0.5) is 5.95 Å². The van der Waals surface area contributed by atoms with Crippen molar-refractivity contribution < 1.29 is 0 Å². The van der Waals surface area contributed by atoms with E-state index in [2.05, 4.69) is 48.1 Å². The van der Waals surface area contributed by atoms with E-state index in [-0.39, 0.29) is 11.0 Å². The van der Waals surface area contributed by atoms with Crippen LogP contribution in [0.25, 0.3) is 5.65 Å². The van der Waals surface area contributed by atoms with E-state index in [1.54, 1.807) is 4.52 Å². The summed E-state index contributed by atoms with van der Waals surface area (Å²) in [6.07, 6.45) is 2.16. The molecule has 0 aliphatic carbocycles. The van der Waals surface area contributed by atoms with Crippen molar-refractivity contribution >= 4 is 11.6 Å². The van der Waals surface area contributed by atoms with Crippen molar-refractivity contribution in [1.82, 2.24) is 19.6 Å². The fraction of sp³-hybridized carbons (Fsp3) is 0.615. The summed E-state index contributed by atoms with van der Waals surface area (Å²) in [5, 5.41) is 5.96. The smallest absolute Gasteiger partial charge is 0.266 e. The van der Waals surface area contributed by atoms with Crippen LogP contribution >= 0.6 is 0 Å². The first-order valence-electron chi connectivity index (χ1n) is 6.66. The lowest BCUT2D eigenvalue weighted by Crippen LogP contribution is -2.20. The number of nitrogens with one attached hydrogen (secondary N) is 2. The monoisotopic (exact) mass is 263 g/mol. The van der Waals surface area contributed by atoms with E-state index < -0.39 is 0 Å². The number of H-pyrrole nitrogens is 1. The zero-order valence-corrected chi connectivity index (χ0v) is 11.9. The summed E-state index contributed by atoms with van der Waals surface area (Å²) in [5.41, 5.74) is 0.277. The Bertz CT molecular complexity index is 620. The third-order valence-corrected chi connectivity index (χ3v) is 2.84. The molecule has 2 aromatic heterocycles. The minimum atomic E-state index is -0.168. The molecule has 0 amide bonds. The molecule has 2 N–H and O–H groups in total. The Morgan fingerprint density at radius 3 is 2.74 bits per heavy atom. The maximum Gasteiger partial charge on any atom is 0.266 e. The molecule has 6 nitrogen and oxygen atoms in total. The van der Waals surface area contributed by atoms with E-state index in [4.69, 9.17) is 0 Å². The zero-order valence-electron chi connectivity index (χ0n) is 11.9. The Kier molecular flexibility index (Phi) is 3.59. The van der Waals surface area contributed by atoms with Gasteiger partial charge < -0.3 is 5.32 Å². The molecule has 2 aromatic rings. The molecule has 2 heterocycles. The second-order valence-corrected chi connectivity index (χ2v) is 5.72. The summed E-state index contributed by atoms with van der Waals surface area (Å²) in [7, 11) is 0. The SMILES string of the molecule is CCCCNc1nc(C(C)(C)C)nc2cc(=O)[nH]n12. The molecule has 0 aliphatic heterocycles. The number of hydrogen-bond donors (Lipinski definition) is 2. The van der Waals surface area contributed by atoms with Crippen molar-refractivity contribution in [3.63, 3.8) is 0 Å². The Hall–Kier alpha value is -1.85. The molecule has 2 rings (SSSR count). The number of anilines is 1. The fourth-order valence-corrected chi connectivity index (χ4v) is 1.74. The minimum Gasteiger partial charge on any atom is -0.354 e. The summed E-state index contributed by atoms with van der Waals surface area (Å²) in [4.78, 5) is 20.4. The number of rotatable bonds is 4. The van der Waals surface area contributed by atoms with Crippen molar-refractivity contribution in [2.45, 2.75) is 46.0 Å². The Morgan fingerprint density at radius 1 is 1.37 bits per heavy atom. The van der Waals surface area contributed by atoms with Gasteiger partial charge in [0.15, 0.2) is 5.65 Å². The van der Waals surface area contributed by atoms with Crippen LogP contribution in [0.5, 0.6) is 0 Å². The molecule has 0 fully saturated rings. The van der Waals surface area contributed by atoms with E-state index in [9.17, 15) is 4.79 Å². The summed E-state index contributed by atoms with van der Waals surface area (Å²) >= 11 is 0. The fourth-order valence-electron chi connectivity index (χ4n) is 1.74. The van der Waals surface area contributed by atoms with Gasteiger partial charge in [0, 0.05) is 18.0 Å². The van der Waals surface area contributed by atoms with Gasteiger partial charge in [0.05, 0.1) is 0 Å². The average molecular weight is 263 g/mol. The van der Waals surface area contributed by atoms with Crippen molar-refractivity contribution in [3.05, 3.63) is 22.2 Å². The average Bonchev–Trinajstić information content (AvgIpc) is 2.68. The Labute approximate surface area is 112 Å². The van der Waals surface area contributed by atoms with Crippen molar-refractivity contribution in [2.75, 3.05) is 11.9 Å². The lowest BCUT2D eigenvalue weighted by Gasteiger charge is -2.18. The van der Waals surface area contributed by atoms with Crippen LogP contribution in [0.2, 0.25) is 0 Å². The van der Waals surface area contributed by atoms with Crippen LogP contribution in [-0.2, 0) is 5.41 Å². The number of nitrogens with zero attached hydrogens (tertiary/aromatic N) is 3. The number of unbranched alkanes of at least 4 members (excludes halogenated alkanes) is 1. The van der Waals surface area contributed by atoms with Crippen LogP contribution in [-0.4, -0.2) is 26.1 Å². The number of hydrogen-bond acceptors (Lipinski definition) is 4. The van der Waals surface area contributed by atoms with Crippen molar-refractivity contribution in [3.8, 4) is 0 Å². The second-order valence-electron chi connectivity index (χ2n) is 5.72. The molecule has 104 valence electrons. The normalized spacial score (nSPS) is 12.0. The largest absolute Gasteiger partial charge is 0.354 e. The van der Waals surface area contributed by atoms with E-state index in [0.29, 0.717) is 11.6 Å². The summed E-state index contributed by atoms with van der Waals surface area (Å²) in [5.74, 6) is 1.37. The molecular formula is C13H21N5O. The van der Waals surface area contributed by atoms with Gasteiger partial charge in [0.1, 0.15) is 5.82 Å². The van der Waals surface area contributed by atoms with Crippen LogP contribution in [0.1, 0.15) is 46.4 Å². The van der Waals surface area contributed by atoms with Gasteiger partial charge in [-0.3, -0.25) is 9.89 Å². The molecule has 0 spiro atoms. The van der Waals surface area contributed by atoms with Gasteiger partial charge in [0.2, 0.25) is 5.95 Å². The maximum atomic E-state index is 11.5. The van der Waals surface area contributed by atoms with Crippen molar-refractivity contribution in [2.24, 2.45) is 0 Å². The number of aromatic amines is 1. The van der Waals surface area contributed by atoms with Crippen LogP contribution in [0, 0.1) is 0 Å². The minimum absolute atomic E-state index is 0.156. The van der Waals surface area contributed by atoms with Gasteiger partial charge in [0.25, 0.3) is 5.56 Å². The Balaban J connectivity index is 2.48. The Morgan fingerprint density at radius 2 is 2.11 bits per heavy atom. The van der Waals surface area contributed by atoms with Crippen LogP contribution in [0.15, 0.2) is 10.9 Å². The molecule has 0 aliphatic rings. The highest BCUT2D eigenvalue weighted by Crippen LogP contribution is 2.20. The molecule has 0 bridgehead atoms. The molecule has 6 heteroatoms. The maximum absolute atomic E-state index is 11.5. The lowest BCUT2D eigenvalue weighted by atomic mass is 9.96. The van der Waals surface area contributed by atoms with Crippen LogP contribution in [0.3, 0.4) is 0 Å². The summed E-state index contributed by atoms with van der Waals surface area (Å²) in [6, 6.07) is 1.49. The van der Waals surface area contributed by atoms with E-state index >= 15 is 0 Å². The number of fused-ring (bicyclic) bond motifs is 1. The van der Waals surface area contributed by atoms with Gasteiger partial charge in [-0.05, 0) is 6.42 Å². The molecule has 0 unspecified atom stereocenters. The standard InChI is InChI=1S/C13H21N5O/c1-5-6-7-14-12-16-11(13(2,3)4)15-9-8-10(19)17-18(9)12/h8H,5-7H2,1-4H3,(H,17,19)(H,14,15,16). The molecular weight excluding hydrogens is 242 g/mol. The number of aromatic nitrogens is 4. The lowest BCUT2D eigenvalue weighted by molar-refractivity contribution is 0.543. The molecule has 0 radical (unpaired) electrons. The third kappa shape index (κ3) is 2.94. The predicted molar refractivity (Wildman–Crippen MR) is 75.7 cm³/mol. The highest BCUT2D eigenvalue weighted by molar-refractivity contribution is 5.44. The molecule has 0 atom stereocenters. The van der Waals surface area contributed by atoms with Crippen LogP contribution < -0.4 is 10.9 Å². The molecule has 19 heavy (non-hydrogen) atoms. The van der Waals surface area contributed by atoms with Gasteiger partial charge in [-0.2, -0.15) is 4.98 Å². The third-order valence-electron chi connectivity index (χ3n) is 2.84. The van der Waals surface area contributed by atoms with E-state index in [1.165, 1.54) is 6.07 Å². The van der Waals surface area contributed by atoms with Gasteiger partial charge in [-0.1, -0.05) is 34.1 Å². The highest BCUT2D eigenvalue weighted by atomic mass is 16.1. The van der Waals surface area contributed by atoms with E-state index in [1.807, 2.05) is 0 Å². The van der Waals surface area contributed by atoms with Gasteiger partial charge in [-0.15, -0.1) is 0 Å². The first-order chi connectivity index (χ1) is 8.91. The van der Waals surface area contributed by atoms with Crippen molar-refractivity contribution in [1.29, 1.82) is 0 Å². The summed E-state index contributed by atoms with van der Waals surface area (Å²) < 4.78 is 1.60. The molecule has 0 saturated carbocycles. The first kappa shape index (κ1) is 13.6. The second kappa shape index (κ2) is 5.03. The predicted octanol–water partition coefficient (Wildman–Crippen LogP) is 1.93. The van der Waals surface area contributed by atoms with Gasteiger partial charge >= 0.3 is 0 Å². The molecule has 0 saturated heterocycles. The molecule has 0 aromatic carbocycles. The quantitative estimate of drug-likeness (QED) is 0.826. The van der Waals surface area contributed by atoms with E-state index in [0.717, 1.165) is 25.2 Å². The zero-order chi connectivity index (χ0) is 14.0. The van der Waals surface area contributed by atoms with Gasteiger partial charge in [-0.25, -0.2) is 9.50 Å². The summed E-state index contributed by atoms with van der Waals surface area (Å²) in [6.45, 7) is 9.13. The highest BCUT2D eigenvalue weighted by Gasteiger charge is 2.20.